The number of nitrogens with one attached hydrogen (secondary N) is 1. The predicted octanol–water partition coefficient (Wildman–Crippen LogP) is 1.72. The molecule has 3 rings (SSSR count). The average molecular weight is 311 g/mol. The highest BCUT2D eigenvalue weighted by atomic mass is 32.2. The van der Waals surface area contributed by atoms with Crippen molar-refractivity contribution < 1.29 is 8.42 Å². The van der Waals surface area contributed by atoms with Crippen LogP contribution in [0, 0.1) is 13.8 Å². The highest BCUT2D eigenvalue weighted by Gasteiger charge is 2.29. The fourth-order valence-corrected chi connectivity index (χ4v) is 5.32. The molecule has 1 aromatic rings. The van der Waals surface area contributed by atoms with E-state index in [0.717, 1.165) is 18.8 Å². The minimum Gasteiger partial charge on any atom is -0.317 e. The summed E-state index contributed by atoms with van der Waals surface area (Å²) in [5, 5.41) is 8.17. The zero-order chi connectivity index (χ0) is 15.0. The van der Waals surface area contributed by atoms with Gasteiger partial charge in [-0.2, -0.15) is 5.10 Å². The quantitative estimate of drug-likeness (QED) is 0.903. The molecule has 21 heavy (non-hydrogen) atoms. The van der Waals surface area contributed by atoms with E-state index in [-0.39, 0.29) is 6.04 Å². The van der Waals surface area contributed by atoms with Crippen LogP contribution in [0.5, 0.6) is 0 Å². The van der Waals surface area contributed by atoms with Crippen LogP contribution in [0.4, 0.5) is 0 Å². The summed E-state index contributed by atoms with van der Waals surface area (Å²) in [6.07, 6.45) is 3.75. The van der Waals surface area contributed by atoms with Crippen LogP contribution < -0.4 is 5.32 Å². The third-order valence-corrected chi connectivity index (χ3v) is 6.71. The van der Waals surface area contributed by atoms with Gasteiger partial charge in [-0.3, -0.25) is 4.68 Å². The summed E-state index contributed by atoms with van der Waals surface area (Å²) in [6.45, 7) is 6.41. The summed E-state index contributed by atoms with van der Waals surface area (Å²) in [7, 11) is -2.81. The number of piperidine rings is 1. The lowest BCUT2D eigenvalue weighted by molar-refractivity contribution is 0.402. The Morgan fingerprint density at radius 3 is 2.33 bits per heavy atom. The fraction of sp³-hybridized carbons (Fsp3) is 0.800. The number of hydrogen-bond acceptors (Lipinski definition) is 4. The predicted molar refractivity (Wildman–Crippen MR) is 83.5 cm³/mol. The molecule has 2 aliphatic rings. The van der Waals surface area contributed by atoms with Crippen LogP contribution in [-0.4, -0.2) is 42.8 Å². The number of sulfone groups is 1. The van der Waals surface area contributed by atoms with E-state index in [1.807, 2.05) is 0 Å². The topological polar surface area (TPSA) is 64.0 Å². The number of aryl methyl sites for hydroxylation is 1. The van der Waals surface area contributed by atoms with E-state index in [1.54, 1.807) is 0 Å². The molecule has 1 N–H and O–H groups in total. The SMILES string of the molecule is Cc1nn(C2CCS(=O)(=O)CC2)c(C)c1C1CCNCC1. The summed E-state index contributed by atoms with van der Waals surface area (Å²) in [6, 6.07) is 0.252. The summed E-state index contributed by atoms with van der Waals surface area (Å²) in [5.41, 5.74) is 3.79. The Hall–Kier alpha value is -0.880. The number of nitrogens with zero attached hydrogens (tertiary/aromatic N) is 2. The van der Waals surface area contributed by atoms with Crippen molar-refractivity contribution in [1.29, 1.82) is 0 Å². The number of hydrogen-bond donors (Lipinski definition) is 1. The second-order valence-electron chi connectivity index (χ2n) is 6.44. The van der Waals surface area contributed by atoms with Gasteiger partial charge in [0.05, 0.1) is 23.2 Å². The van der Waals surface area contributed by atoms with Gasteiger partial charge in [0.25, 0.3) is 0 Å². The van der Waals surface area contributed by atoms with E-state index in [4.69, 9.17) is 5.10 Å². The molecule has 0 aliphatic carbocycles. The minimum absolute atomic E-state index is 0.252. The molecule has 2 aliphatic heterocycles. The molecule has 0 spiro atoms. The molecule has 5 nitrogen and oxygen atoms in total. The van der Waals surface area contributed by atoms with Crippen molar-refractivity contribution in [2.24, 2.45) is 0 Å². The zero-order valence-corrected chi connectivity index (χ0v) is 13.7. The van der Waals surface area contributed by atoms with E-state index in [9.17, 15) is 8.42 Å². The van der Waals surface area contributed by atoms with E-state index in [0.29, 0.717) is 30.3 Å². The summed E-state index contributed by atoms with van der Waals surface area (Å²) < 4.78 is 25.3. The van der Waals surface area contributed by atoms with Crippen molar-refractivity contribution in [2.75, 3.05) is 24.6 Å². The largest absolute Gasteiger partial charge is 0.317 e. The highest BCUT2D eigenvalue weighted by molar-refractivity contribution is 7.91. The van der Waals surface area contributed by atoms with Crippen molar-refractivity contribution in [2.45, 2.75) is 51.5 Å². The second kappa shape index (κ2) is 5.72. The first-order chi connectivity index (χ1) is 9.98. The van der Waals surface area contributed by atoms with Crippen LogP contribution in [0.25, 0.3) is 0 Å². The van der Waals surface area contributed by atoms with Crippen LogP contribution in [0.15, 0.2) is 0 Å². The maximum atomic E-state index is 11.6. The van der Waals surface area contributed by atoms with E-state index in [1.165, 1.54) is 24.1 Å². The number of rotatable bonds is 2. The van der Waals surface area contributed by atoms with Crippen molar-refractivity contribution in [3.63, 3.8) is 0 Å². The van der Waals surface area contributed by atoms with Crippen molar-refractivity contribution in [3.05, 3.63) is 17.0 Å². The Morgan fingerprint density at radius 2 is 1.71 bits per heavy atom. The molecule has 1 aromatic heterocycles. The standard InChI is InChI=1S/C15H25N3O2S/c1-11-15(13-3-7-16-8-4-13)12(2)18(17-11)14-5-9-21(19,20)10-6-14/h13-14,16H,3-10H2,1-2H3. The van der Waals surface area contributed by atoms with Crippen molar-refractivity contribution in [3.8, 4) is 0 Å². The monoisotopic (exact) mass is 311 g/mol. The Morgan fingerprint density at radius 1 is 1.10 bits per heavy atom. The third kappa shape index (κ3) is 3.01. The van der Waals surface area contributed by atoms with Crippen LogP contribution >= 0.6 is 0 Å². The maximum absolute atomic E-state index is 11.6. The van der Waals surface area contributed by atoms with Crippen LogP contribution in [0.3, 0.4) is 0 Å². The van der Waals surface area contributed by atoms with Crippen molar-refractivity contribution in [1.82, 2.24) is 15.1 Å². The summed E-state index contributed by atoms with van der Waals surface area (Å²) in [4.78, 5) is 0. The van der Waals surface area contributed by atoms with Crippen LogP contribution in [0.1, 0.15) is 54.6 Å². The minimum atomic E-state index is -2.81. The van der Waals surface area contributed by atoms with Gasteiger partial charge in [-0.25, -0.2) is 8.42 Å². The lowest BCUT2D eigenvalue weighted by Crippen LogP contribution is -2.28. The first kappa shape index (κ1) is 15.0. The molecule has 0 aromatic carbocycles. The molecule has 3 heterocycles. The van der Waals surface area contributed by atoms with Gasteiger partial charge in [0, 0.05) is 5.69 Å². The Balaban J connectivity index is 1.84. The number of aromatic nitrogens is 2. The first-order valence-corrected chi connectivity index (χ1v) is 9.77. The molecule has 2 fully saturated rings. The van der Waals surface area contributed by atoms with E-state index in [2.05, 4.69) is 23.8 Å². The van der Waals surface area contributed by atoms with Gasteiger partial charge in [-0.05, 0) is 64.1 Å². The van der Waals surface area contributed by atoms with Gasteiger partial charge < -0.3 is 5.32 Å². The molecule has 118 valence electrons. The molecule has 2 saturated heterocycles. The maximum Gasteiger partial charge on any atom is 0.150 e. The van der Waals surface area contributed by atoms with Crippen LogP contribution in [-0.2, 0) is 9.84 Å². The lowest BCUT2D eigenvalue weighted by atomic mass is 9.89. The van der Waals surface area contributed by atoms with Gasteiger partial charge in [-0.1, -0.05) is 0 Å². The molecule has 0 radical (unpaired) electrons. The third-order valence-electron chi connectivity index (χ3n) is 5.00. The Kier molecular flexibility index (Phi) is 4.10. The Bertz CT molecular complexity index is 601. The summed E-state index contributed by atoms with van der Waals surface area (Å²) in [5.74, 6) is 1.21. The molecule has 0 unspecified atom stereocenters. The molecular weight excluding hydrogens is 286 g/mol. The second-order valence-corrected chi connectivity index (χ2v) is 8.74. The van der Waals surface area contributed by atoms with Gasteiger partial charge in [0.15, 0.2) is 0 Å². The van der Waals surface area contributed by atoms with Crippen LogP contribution in [0.2, 0.25) is 0 Å². The van der Waals surface area contributed by atoms with Gasteiger partial charge in [0.2, 0.25) is 0 Å². The highest BCUT2D eigenvalue weighted by Crippen LogP contribution is 2.33. The van der Waals surface area contributed by atoms with Gasteiger partial charge >= 0.3 is 0 Å². The van der Waals surface area contributed by atoms with Crippen molar-refractivity contribution >= 4 is 9.84 Å². The van der Waals surface area contributed by atoms with E-state index < -0.39 is 9.84 Å². The Labute approximate surface area is 127 Å². The normalized spacial score (nSPS) is 24.3. The molecule has 0 amide bonds. The van der Waals surface area contributed by atoms with Gasteiger partial charge in [-0.15, -0.1) is 0 Å². The lowest BCUT2D eigenvalue weighted by Gasteiger charge is -2.25. The average Bonchev–Trinajstić information content (AvgIpc) is 2.75. The molecule has 6 heteroatoms. The molecule has 0 saturated carbocycles. The smallest absolute Gasteiger partial charge is 0.150 e. The van der Waals surface area contributed by atoms with Gasteiger partial charge in [0.1, 0.15) is 9.84 Å². The zero-order valence-electron chi connectivity index (χ0n) is 12.9. The molecule has 0 bridgehead atoms. The van der Waals surface area contributed by atoms with E-state index >= 15 is 0 Å². The molecular formula is C15H25N3O2S. The summed E-state index contributed by atoms with van der Waals surface area (Å²) >= 11 is 0. The molecule has 0 atom stereocenters. The first-order valence-electron chi connectivity index (χ1n) is 7.94. The fourth-order valence-electron chi connectivity index (χ4n) is 3.85.